The van der Waals surface area contributed by atoms with Crippen molar-refractivity contribution in [3.8, 4) is 18.1 Å². The number of alkyl halides is 1. The summed E-state index contributed by atoms with van der Waals surface area (Å²) in [5.41, 5.74) is 0. The van der Waals surface area contributed by atoms with Crippen LogP contribution < -0.4 is 14.9 Å². The predicted octanol–water partition coefficient (Wildman–Crippen LogP) is 2.87. The van der Waals surface area contributed by atoms with E-state index in [1.165, 1.54) is 24.1 Å². The van der Waals surface area contributed by atoms with E-state index in [9.17, 15) is 19.3 Å². The first-order valence-corrected chi connectivity index (χ1v) is 13.7. The Bertz CT molecular complexity index is 1090. The zero-order valence-electron chi connectivity index (χ0n) is 21.6. The van der Waals surface area contributed by atoms with Crippen molar-refractivity contribution >= 4 is 31.2 Å². The van der Waals surface area contributed by atoms with Crippen LogP contribution in [0, 0.1) is 12.3 Å². The molecule has 2 aliphatic rings. The number of para-hydroxylation sites is 1. The van der Waals surface area contributed by atoms with Gasteiger partial charge in [-0.25, -0.2) is 4.57 Å². The average Bonchev–Trinajstić information content (AvgIpc) is 3.12. The molecule has 3 rings (SSSR count). The van der Waals surface area contributed by atoms with Gasteiger partial charge >= 0.3 is 13.7 Å². The van der Waals surface area contributed by atoms with E-state index in [1.54, 1.807) is 51.1 Å². The molecule has 2 heterocycles. The molecule has 2 aliphatic heterocycles. The van der Waals surface area contributed by atoms with Crippen molar-refractivity contribution in [1.82, 2.24) is 15.3 Å². The fourth-order valence-electron chi connectivity index (χ4n) is 3.30. The second-order valence-electron chi connectivity index (χ2n) is 8.48. The Balaban J connectivity index is 0.00000161. The standard InChI is InChI=1S/C22H29ClN3O8P.C3H4/c1-13(2)32-22(29)14(3)25-35(30,34-16-8-6-5-7-9-16)31-12-17-20(28)19(23)21(33-17)26-11-10-18(27)24-15(26)4;1-3-2/h5-11,13-14,17,19-21,28H,4,12H2,1-3H3,(H,24,27)(H,25,30);1H,2H3/t14-,17-,19-,20-,21-,35-;/m1./s1. The van der Waals surface area contributed by atoms with Crippen LogP contribution in [0.2, 0.25) is 0 Å². The number of hydrogen-bond donors (Lipinski definition) is 3. The van der Waals surface area contributed by atoms with E-state index < -0.39 is 43.6 Å². The minimum Gasteiger partial charge on any atom is -0.462 e. The summed E-state index contributed by atoms with van der Waals surface area (Å²) >= 11 is 6.38. The van der Waals surface area contributed by atoms with Crippen LogP contribution in [0.3, 0.4) is 0 Å². The Morgan fingerprint density at radius 2 is 2.00 bits per heavy atom. The number of carbonyl (C=O) groups is 2. The molecular weight excluding hydrogens is 537 g/mol. The summed E-state index contributed by atoms with van der Waals surface area (Å²) in [6, 6.07) is 7.23. The number of hydrogen-bond acceptors (Lipinski definition) is 9. The van der Waals surface area contributed by atoms with Crippen molar-refractivity contribution in [3.63, 3.8) is 0 Å². The molecule has 6 atom stereocenters. The molecule has 13 heteroatoms. The van der Waals surface area contributed by atoms with E-state index in [0.717, 1.165) is 0 Å². The number of nitrogens with zero attached hydrogens (tertiary/aromatic N) is 1. The van der Waals surface area contributed by atoms with Gasteiger partial charge in [0.15, 0.2) is 6.23 Å². The minimum absolute atomic E-state index is 0.221. The molecule has 38 heavy (non-hydrogen) atoms. The predicted molar refractivity (Wildman–Crippen MR) is 142 cm³/mol. The van der Waals surface area contributed by atoms with E-state index in [1.807, 2.05) is 0 Å². The van der Waals surface area contributed by atoms with Crippen LogP contribution >= 0.6 is 19.3 Å². The van der Waals surface area contributed by atoms with Crippen molar-refractivity contribution in [2.45, 2.75) is 63.7 Å². The van der Waals surface area contributed by atoms with Gasteiger partial charge in [0, 0.05) is 12.3 Å². The molecule has 1 amide bonds. The molecule has 3 N–H and O–H groups in total. The molecule has 0 bridgehead atoms. The Morgan fingerprint density at radius 1 is 1.37 bits per heavy atom. The maximum atomic E-state index is 13.6. The van der Waals surface area contributed by atoms with Crippen molar-refractivity contribution < 1.29 is 37.8 Å². The van der Waals surface area contributed by atoms with Crippen molar-refractivity contribution in [3.05, 3.63) is 55.0 Å². The molecule has 1 fully saturated rings. The lowest BCUT2D eigenvalue weighted by atomic mass is 10.2. The van der Waals surface area contributed by atoms with Crippen LogP contribution in [0.4, 0.5) is 0 Å². The summed E-state index contributed by atoms with van der Waals surface area (Å²) in [6.07, 6.45) is 3.82. The molecule has 1 aromatic carbocycles. The van der Waals surface area contributed by atoms with E-state index in [0.29, 0.717) is 0 Å². The third kappa shape index (κ3) is 8.88. The number of aliphatic hydroxyl groups excluding tert-OH is 1. The fraction of sp³-hybridized carbons (Fsp3) is 0.440. The molecule has 11 nitrogen and oxygen atoms in total. The maximum absolute atomic E-state index is 13.6. The number of rotatable bonds is 10. The lowest BCUT2D eigenvalue weighted by molar-refractivity contribution is -0.149. The number of halogens is 1. The van der Waals surface area contributed by atoms with Gasteiger partial charge in [0.1, 0.15) is 35.2 Å². The van der Waals surface area contributed by atoms with E-state index in [2.05, 4.69) is 29.3 Å². The fourth-order valence-corrected chi connectivity index (χ4v) is 5.14. The molecule has 0 spiro atoms. The van der Waals surface area contributed by atoms with Crippen molar-refractivity contribution in [1.29, 1.82) is 0 Å². The minimum atomic E-state index is -4.15. The zero-order valence-corrected chi connectivity index (χ0v) is 23.2. The van der Waals surface area contributed by atoms with Gasteiger partial charge in [0.2, 0.25) is 0 Å². The molecule has 0 radical (unpaired) electrons. The molecule has 0 unspecified atom stereocenters. The Kier molecular flexibility index (Phi) is 11.9. The highest BCUT2D eigenvalue weighted by atomic mass is 35.5. The van der Waals surface area contributed by atoms with E-state index in [4.69, 9.17) is 30.1 Å². The number of amides is 1. The Labute approximate surface area is 227 Å². The molecule has 208 valence electrons. The summed E-state index contributed by atoms with van der Waals surface area (Å²) in [4.78, 5) is 25.2. The largest absolute Gasteiger partial charge is 0.462 e. The number of aliphatic hydroxyl groups is 1. The van der Waals surface area contributed by atoms with E-state index >= 15 is 0 Å². The van der Waals surface area contributed by atoms with Crippen LogP contribution in [0.5, 0.6) is 5.75 Å². The van der Waals surface area contributed by atoms with Crippen molar-refractivity contribution in [2.24, 2.45) is 0 Å². The third-order valence-electron chi connectivity index (χ3n) is 4.97. The lowest BCUT2D eigenvalue weighted by Crippen LogP contribution is -2.44. The highest BCUT2D eigenvalue weighted by molar-refractivity contribution is 7.52. The van der Waals surface area contributed by atoms with Gasteiger partial charge in [0.25, 0.3) is 5.91 Å². The smallest absolute Gasteiger partial charge is 0.459 e. The zero-order chi connectivity index (χ0) is 28.5. The molecular formula is C25H33ClN3O8P. The summed E-state index contributed by atoms with van der Waals surface area (Å²) < 4.78 is 35.7. The number of esters is 1. The van der Waals surface area contributed by atoms with Gasteiger partial charge in [-0.3, -0.25) is 14.1 Å². The van der Waals surface area contributed by atoms with Crippen molar-refractivity contribution in [2.75, 3.05) is 6.61 Å². The number of terminal acetylenes is 1. The Hall–Kier alpha value is -2.84. The highest BCUT2D eigenvalue weighted by Gasteiger charge is 2.47. The quantitative estimate of drug-likeness (QED) is 0.167. The van der Waals surface area contributed by atoms with Gasteiger partial charge in [-0.15, -0.1) is 23.9 Å². The van der Waals surface area contributed by atoms with Crippen LogP contribution in [-0.4, -0.2) is 64.4 Å². The molecule has 0 aromatic heterocycles. The van der Waals surface area contributed by atoms with Gasteiger partial charge in [-0.2, -0.15) is 5.09 Å². The topological polar surface area (TPSA) is 136 Å². The molecule has 0 aliphatic carbocycles. The first-order chi connectivity index (χ1) is 17.9. The lowest BCUT2D eigenvalue weighted by Gasteiger charge is -2.32. The van der Waals surface area contributed by atoms with Crippen LogP contribution in [-0.2, 0) is 28.2 Å². The van der Waals surface area contributed by atoms with Gasteiger partial charge in [0.05, 0.1) is 12.7 Å². The first kappa shape index (κ1) is 31.4. The van der Waals surface area contributed by atoms with Gasteiger partial charge in [-0.05, 0) is 39.8 Å². The van der Waals surface area contributed by atoms with E-state index in [-0.39, 0.29) is 30.2 Å². The number of nitrogens with one attached hydrogen (secondary N) is 2. The van der Waals surface area contributed by atoms with Crippen LogP contribution in [0.1, 0.15) is 27.7 Å². The average molecular weight is 570 g/mol. The second kappa shape index (κ2) is 14.4. The highest BCUT2D eigenvalue weighted by Crippen LogP contribution is 2.46. The summed E-state index contributed by atoms with van der Waals surface area (Å²) in [5.74, 6) is 1.71. The number of benzene rings is 1. The summed E-state index contributed by atoms with van der Waals surface area (Å²) in [6.45, 7) is 9.86. The normalized spacial score (nSPS) is 24.9. The molecule has 1 saturated heterocycles. The number of ether oxygens (including phenoxy) is 2. The monoisotopic (exact) mass is 569 g/mol. The van der Waals surface area contributed by atoms with Gasteiger partial charge in [-0.1, -0.05) is 24.8 Å². The Morgan fingerprint density at radius 3 is 2.58 bits per heavy atom. The molecule has 1 aromatic rings. The van der Waals surface area contributed by atoms with Crippen LogP contribution in [0.15, 0.2) is 55.0 Å². The SMILES string of the molecule is C#CC.C=C1NC(=O)C=CN1[C@@H]1O[C@H](CO[P@](=O)(N[C@H](C)C(=O)OC(C)C)Oc2ccccc2)[C@@H](O)[C@H]1Cl. The first-order valence-electron chi connectivity index (χ1n) is 11.7. The summed E-state index contributed by atoms with van der Waals surface area (Å²) in [5, 5.41) is 14.8. The third-order valence-corrected chi connectivity index (χ3v) is 7.09. The van der Waals surface area contributed by atoms with Gasteiger partial charge < -0.3 is 29.3 Å². The van der Waals surface area contributed by atoms with Crippen LogP contribution in [0.25, 0.3) is 0 Å². The second-order valence-corrected chi connectivity index (χ2v) is 10.7. The number of carbonyl (C=O) groups excluding carboxylic acids is 2. The molecule has 0 saturated carbocycles. The summed E-state index contributed by atoms with van der Waals surface area (Å²) in [7, 11) is -4.15. The maximum Gasteiger partial charge on any atom is 0.459 e.